The molecule has 0 atom stereocenters. The average molecular weight is 377 g/mol. The fourth-order valence-corrected chi connectivity index (χ4v) is 2.58. The van der Waals surface area contributed by atoms with Gasteiger partial charge in [0.15, 0.2) is 0 Å². The van der Waals surface area contributed by atoms with Crippen LogP contribution in [0, 0.1) is 0 Å². The molecular formula is C19H21ClN2O4. The third kappa shape index (κ3) is 5.39. The van der Waals surface area contributed by atoms with E-state index in [2.05, 4.69) is 5.32 Å². The maximum Gasteiger partial charge on any atom is 0.243 e. The molecule has 26 heavy (non-hydrogen) atoms. The zero-order chi connectivity index (χ0) is 19.1. The van der Waals surface area contributed by atoms with Crippen LogP contribution in [-0.4, -0.2) is 44.5 Å². The first-order chi connectivity index (χ1) is 12.4. The first kappa shape index (κ1) is 19.6. The lowest BCUT2D eigenvalue weighted by molar-refractivity contribution is -0.132. The normalized spacial score (nSPS) is 10.2. The van der Waals surface area contributed by atoms with Crippen LogP contribution in [0.2, 0.25) is 5.02 Å². The molecule has 7 heteroatoms. The van der Waals surface area contributed by atoms with Gasteiger partial charge in [-0.2, -0.15) is 0 Å². The molecule has 0 bridgehead atoms. The van der Waals surface area contributed by atoms with Gasteiger partial charge in [0.25, 0.3) is 0 Å². The number of methoxy groups -OCH3 is 2. The van der Waals surface area contributed by atoms with E-state index in [1.165, 1.54) is 12.0 Å². The number of nitrogens with one attached hydrogen (secondary N) is 1. The van der Waals surface area contributed by atoms with Crippen LogP contribution in [0.4, 0.5) is 5.69 Å². The van der Waals surface area contributed by atoms with Crippen LogP contribution >= 0.6 is 11.6 Å². The molecule has 6 nitrogen and oxygen atoms in total. The number of nitrogens with zero attached hydrogens (tertiary/aromatic N) is 1. The molecule has 0 spiro atoms. The number of carbonyl (C=O) groups excluding carboxylic acids is 2. The number of carbonyl (C=O) groups is 2. The quantitative estimate of drug-likeness (QED) is 0.806. The molecule has 0 aliphatic heterocycles. The van der Waals surface area contributed by atoms with E-state index in [-0.39, 0.29) is 24.8 Å². The predicted molar refractivity (Wildman–Crippen MR) is 101 cm³/mol. The summed E-state index contributed by atoms with van der Waals surface area (Å²) in [5.74, 6) is 0.712. The second kappa shape index (κ2) is 9.10. The first-order valence-electron chi connectivity index (χ1n) is 7.93. The molecule has 2 rings (SSSR count). The van der Waals surface area contributed by atoms with Gasteiger partial charge in [0.1, 0.15) is 11.5 Å². The van der Waals surface area contributed by atoms with Crippen LogP contribution < -0.4 is 14.8 Å². The molecule has 1 N–H and O–H groups in total. The predicted octanol–water partition coefficient (Wildman–Crippen LogP) is 3.00. The van der Waals surface area contributed by atoms with Gasteiger partial charge in [-0.15, -0.1) is 0 Å². The summed E-state index contributed by atoms with van der Waals surface area (Å²) in [5, 5.41) is 3.24. The lowest BCUT2D eigenvalue weighted by Gasteiger charge is -2.18. The first-order valence-corrected chi connectivity index (χ1v) is 8.31. The Labute approximate surface area is 157 Å². The Morgan fingerprint density at radius 1 is 1.12 bits per heavy atom. The summed E-state index contributed by atoms with van der Waals surface area (Å²) in [4.78, 5) is 25.9. The standard InChI is InChI=1S/C19H21ClN2O4/c1-22(12-18(23)21-15-6-4-5-14(20)11-15)19(24)10-13-9-16(25-2)7-8-17(13)26-3/h4-9,11H,10,12H2,1-3H3,(H,21,23). The molecule has 0 saturated carbocycles. The third-order valence-electron chi connectivity index (χ3n) is 3.74. The second-order valence-corrected chi connectivity index (χ2v) is 6.10. The Balaban J connectivity index is 1.98. The maximum absolute atomic E-state index is 12.5. The van der Waals surface area contributed by atoms with Gasteiger partial charge in [0.2, 0.25) is 11.8 Å². The van der Waals surface area contributed by atoms with Crippen molar-refractivity contribution < 1.29 is 19.1 Å². The van der Waals surface area contributed by atoms with Gasteiger partial charge in [0.05, 0.1) is 27.2 Å². The fourth-order valence-electron chi connectivity index (χ4n) is 2.39. The van der Waals surface area contributed by atoms with E-state index < -0.39 is 0 Å². The van der Waals surface area contributed by atoms with Gasteiger partial charge >= 0.3 is 0 Å². The number of hydrogen-bond acceptors (Lipinski definition) is 4. The molecule has 138 valence electrons. The van der Waals surface area contributed by atoms with Crippen molar-refractivity contribution in [2.75, 3.05) is 33.1 Å². The van der Waals surface area contributed by atoms with Crippen molar-refractivity contribution in [3.8, 4) is 11.5 Å². The largest absolute Gasteiger partial charge is 0.497 e. The molecule has 2 amide bonds. The van der Waals surface area contributed by atoms with E-state index in [1.54, 1.807) is 56.6 Å². The minimum Gasteiger partial charge on any atom is -0.497 e. The molecule has 0 heterocycles. The summed E-state index contributed by atoms with van der Waals surface area (Å²) < 4.78 is 10.5. The Bertz CT molecular complexity index is 795. The Morgan fingerprint density at radius 3 is 2.54 bits per heavy atom. The molecule has 0 aliphatic carbocycles. The number of halogens is 1. The van der Waals surface area contributed by atoms with Crippen molar-refractivity contribution in [2.24, 2.45) is 0 Å². The van der Waals surface area contributed by atoms with Crippen LogP contribution in [0.1, 0.15) is 5.56 Å². The van der Waals surface area contributed by atoms with Crippen molar-refractivity contribution >= 4 is 29.1 Å². The van der Waals surface area contributed by atoms with Crippen molar-refractivity contribution in [2.45, 2.75) is 6.42 Å². The zero-order valence-corrected chi connectivity index (χ0v) is 15.7. The van der Waals surface area contributed by atoms with Crippen molar-refractivity contribution in [1.29, 1.82) is 0 Å². The van der Waals surface area contributed by atoms with Gasteiger partial charge in [-0.1, -0.05) is 17.7 Å². The van der Waals surface area contributed by atoms with E-state index >= 15 is 0 Å². The highest BCUT2D eigenvalue weighted by atomic mass is 35.5. The summed E-state index contributed by atoms with van der Waals surface area (Å²) in [6, 6.07) is 12.1. The summed E-state index contributed by atoms with van der Waals surface area (Å²) in [6.07, 6.45) is 0.0985. The van der Waals surface area contributed by atoms with E-state index in [9.17, 15) is 9.59 Å². The van der Waals surface area contributed by atoms with Crippen LogP contribution in [0.15, 0.2) is 42.5 Å². The molecule has 2 aromatic carbocycles. The molecular weight excluding hydrogens is 356 g/mol. The van der Waals surface area contributed by atoms with Gasteiger partial charge in [0, 0.05) is 23.3 Å². The highest BCUT2D eigenvalue weighted by molar-refractivity contribution is 6.30. The monoisotopic (exact) mass is 376 g/mol. The molecule has 0 unspecified atom stereocenters. The van der Waals surface area contributed by atoms with Crippen molar-refractivity contribution in [3.63, 3.8) is 0 Å². The lowest BCUT2D eigenvalue weighted by Crippen LogP contribution is -2.35. The highest BCUT2D eigenvalue weighted by Crippen LogP contribution is 2.24. The Morgan fingerprint density at radius 2 is 1.88 bits per heavy atom. The van der Waals surface area contributed by atoms with Crippen molar-refractivity contribution in [3.05, 3.63) is 53.1 Å². The zero-order valence-electron chi connectivity index (χ0n) is 14.9. The number of rotatable bonds is 7. The van der Waals surface area contributed by atoms with Crippen LogP contribution in [0.25, 0.3) is 0 Å². The second-order valence-electron chi connectivity index (χ2n) is 5.66. The van der Waals surface area contributed by atoms with E-state index in [4.69, 9.17) is 21.1 Å². The van der Waals surface area contributed by atoms with Crippen LogP contribution in [-0.2, 0) is 16.0 Å². The lowest BCUT2D eigenvalue weighted by atomic mass is 10.1. The number of likely N-dealkylation sites (N-methyl/N-ethyl adjacent to an activating group) is 1. The summed E-state index contributed by atoms with van der Waals surface area (Å²) in [5.41, 5.74) is 1.27. The van der Waals surface area contributed by atoms with Gasteiger partial charge < -0.3 is 19.7 Å². The van der Waals surface area contributed by atoms with Crippen LogP contribution in [0.5, 0.6) is 11.5 Å². The Kier molecular flexibility index (Phi) is 6.86. The highest BCUT2D eigenvalue weighted by Gasteiger charge is 2.16. The van der Waals surface area contributed by atoms with E-state index in [0.717, 1.165) is 0 Å². The molecule has 0 saturated heterocycles. The smallest absolute Gasteiger partial charge is 0.243 e. The average Bonchev–Trinajstić information content (AvgIpc) is 2.61. The summed E-state index contributed by atoms with van der Waals surface area (Å²) in [7, 11) is 4.67. The molecule has 0 aromatic heterocycles. The van der Waals surface area contributed by atoms with Crippen LogP contribution in [0.3, 0.4) is 0 Å². The molecule has 0 aliphatic rings. The van der Waals surface area contributed by atoms with E-state index in [0.29, 0.717) is 27.8 Å². The number of hydrogen-bond donors (Lipinski definition) is 1. The SMILES string of the molecule is COc1ccc(OC)c(CC(=O)N(C)CC(=O)Nc2cccc(Cl)c2)c1. The number of amides is 2. The van der Waals surface area contributed by atoms with Gasteiger partial charge in [-0.25, -0.2) is 0 Å². The van der Waals surface area contributed by atoms with E-state index in [1.807, 2.05) is 0 Å². The number of ether oxygens (including phenoxy) is 2. The number of anilines is 1. The Hall–Kier alpha value is -2.73. The van der Waals surface area contributed by atoms with Crippen molar-refractivity contribution in [1.82, 2.24) is 4.90 Å². The topological polar surface area (TPSA) is 67.9 Å². The summed E-state index contributed by atoms with van der Waals surface area (Å²) >= 11 is 5.89. The molecule has 0 fully saturated rings. The summed E-state index contributed by atoms with van der Waals surface area (Å²) in [6.45, 7) is -0.0718. The maximum atomic E-state index is 12.5. The minimum atomic E-state index is -0.305. The van der Waals surface area contributed by atoms with Gasteiger partial charge in [-0.3, -0.25) is 9.59 Å². The minimum absolute atomic E-state index is 0.0718. The third-order valence-corrected chi connectivity index (χ3v) is 3.98. The van der Waals surface area contributed by atoms with Gasteiger partial charge in [-0.05, 0) is 36.4 Å². The molecule has 2 aromatic rings. The molecule has 0 radical (unpaired) electrons. The number of benzene rings is 2. The fraction of sp³-hybridized carbons (Fsp3) is 0.263.